The Hall–Kier alpha value is -1.42. The zero-order valence-electron chi connectivity index (χ0n) is 9.16. The zero-order valence-corrected chi connectivity index (χ0v) is 9.16. The van der Waals surface area contributed by atoms with Gasteiger partial charge in [0.2, 0.25) is 5.91 Å². The highest BCUT2D eigenvalue weighted by atomic mass is 19.1. The molecule has 2 N–H and O–H groups in total. The average molecular weight is 222 g/mol. The second kappa shape index (κ2) is 4.61. The van der Waals surface area contributed by atoms with Gasteiger partial charge in [-0.1, -0.05) is 19.1 Å². The van der Waals surface area contributed by atoms with Crippen molar-refractivity contribution in [1.82, 2.24) is 5.32 Å². The summed E-state index contributed by atoms with van der Waals surface area (Å²) in [6.07, 6.45) is 0. The molecule has 16 heavy (non-hydrogen) atoms. The molecular formula is C12H15FN2O. The Morgan fingerprint density at radius 1 is 1.50 bits per heavy atom. The van der Waals surface area contributed by atoms with Crippen LogP contribution in [0.1, 0.15) is 6.92 Å². The van der Waals surface area contributed by atoms with E-state index < -0.39 is 5.82 Å². The third kappa shape index (κ3) is 2.22. The van der Waals surface area contributed by atoms with Gasteiger partial charge in [-0.25, -0.2) is 4.39 Å². The van der Waals surface area contributed by atoms with E-state index in [-0.39, 0.29) is 17.5 Å². The lowest BCUT2D eigenvalue weighted by Gasteiger charge is -2.31. The quantitative estimate of drug-likeness (QED) is 0.816. The summed E-state index contributed by atoms with van der Waals surface area (Å²) in [6.45, 7) is 3.61. The van der Waals surface area contributed by atoms with Gasteiger partial charge in [-0.05, 0) is 31.1 Å². The molecule has 0 bridgehead atoms. The van der Waals surface area contributed by atoms with Crippen LogP contribution in [0.2, 0.25) is 0 Å². The smallest absolute Gasteiger partial charge is 0.227 e. The highest BCUT2D eigenvalue weighted by molar-refractivity contribution is 5.92. The maximum atomic E-state index is 13.3. The van der Waals surface area contributed by atoms with Gasteiger partial charge >= 0.3 is 0 Å². The lowest BCUT2D eigenvalue weighted by Crippen LogP contribution is -2.48. The summed E-state index contributed by atoms with van der Waals surface area (Å²) < 4.78 is 13.3. The molecule has 0 aromatic heterocycles. The summed E-state index contributed by atoms with van der Waals surface area (Å²) in [7, 11) is 0. The van der Waals surface area contributed by atoms with E-state index in [1.165, 1.54) is 6.07 Å². The second-order valence-corrected chi connectivity index (χ2v) is 4.18. The topological polar surface area (TPSA) is 41.1 Å². The Kier molecular flexibility index (Phi) is 3.19. The molecule has 4 heteroatoms. The van der Waals surface area contributed by atoms with Crippen LogP contribution in [0.25, 0.3) is 0 Å². The molecule has 1 saturated heterocycles. The number of hydrogen-bond acceptors (Lipinski definition) is 2. The molecule has 1 heterocycles. The summed E-state index contributed by atoms with van der Waals surface area (Å²) in [4.78, 5) is 11.8. The summed E-state index contributed by atoms with van der Waals surface area (Å²) in [6, 6.07) is 6.21. The van der Waals surface area contributed by atoms with Crippen molar-refractivity contribution in [3.8, 4) is 0 Å². The van der Waals surface area contributed by atoms with Crippen LogP contribution in [0.5, 0.6) is 0 Å². The standard InChI is InChI=1S/C12H15FN2O/c1-8(9-6-14-7-9)12(16)15-11-5-3-2-4-10(11)13/h2-5,8-9,14H,6-7H2,1H3,(H,15,16). The molecule has 1 unspecified atom stereocenters. The highest BCUT2D eigenvalue weighted by Crippen LogP contribution is 2.19. The molecule has 3 nitrogen and oxygen atoms in total. The number of nitrogens with one attached hydrogen (secondary N) is 2. The number of carbonyl (C=O) groups is 1. The highest BCUT2D eigenvalue weighted by Gasteiger charge is 2.28. The molecule has 1 aromatic carbocycles. The van der Waals surface area contributed by atoms with Gasteiger partial charge in [-0.2, -0.15) is 0 Å². The minimum Gasteiger partial charge on any atom is -0.323 e. The van der Waals surface area contributed by atoms with Crippen molar-refractivity contribution in [2.45, 2.75) is 6.92 Å². The molecule has 86 valence electrons. The Labute approximate surface area is 94.0 Å². The summed E-state index contributed by atoms with van der Waals surface area (Å²) in [5.74, 6) is -0.223. The van der Waals surface area contributed by atoms with Gasteiger partial charge < -0.3 is 10.6 Å². The fourth-order valence-corrected chi connectivity index (χ4v) is 1.69. The Morgan fingerprint density at radius 3 is 2.75 bits per heavy atom. The summed E-state index contributed by atoms with van der Waals surface area (Å²) in [5, 5.41) is 5.74. The van der Waals surface area contributed by atoms with Crippen LogP contribution < -0.4 is 10.6 Å². The van der Waals surface area contributed by atoms with E-state index in [4.69, 9.17) is 0 Å². The molecule has 1 atom stereocenters. The number of para-hydroxylation sites is 1. The maximum Gasteiger partial charge on any atom is 0.227 e. The van der Waals surface area contributed by atoms with Crippen molar-refractivity contribution in [2.24, 2.45) is 11.8 Å². The van der Waals surface area contributed by atoms with E-state index in [1.807, 2.05) is 6.92 Å². The zero-order chi connectivity index (χ0) is 11.5. The molecular weight excluding hydrogens is 207 g/mol. The van der Waals surface area contributed by atoms with Crippen molar-refractivity contribution in [2.75, 3.05) is 18.4 Å². The van der Waals surface area contributed by atoms with E-state index >= 15 is 0 Å². The minimum absolute atomic E-state index is 0.0825. The van der Waals surface area contributed by atoms with Gasteiger partial charge in [0.1, 0.15) is 5.82 Å². The van der Waals surface area contributed by atoms with Crippen LogP contribution in [0.3, 0.4) is 0 Å². The third-order valence-electron chi connectivity index (χ3n) is 3.07. The maximum absolute atomic E-state index is 13.3. The van der Waals surface area contributed by atoms with Crippen molar-refractivity contribution in [1.29, 1.82) is 0 Å². The normalized spacial score (nSPS) is 17.6. The summed E-state index contributed by atoms with van der Waals surface area (Å²) >= 11 is 0. The first-order chi connectivity index (χ1) is 7.68. The van der Waals surface area contributed by atoms with Crippen LogP contribution in [0, 0.1) is 17.7 Å². The van der Waals surface area contributed by atoms with E-state index in [2.05, 4.69) is 10.6 Å². The molecule has 1 amide bonds. The SMILES string of the molecule is CC(C(=O)Nc1ccccc1F)C1CNC1. The third-order valence-corrected chi connectivity index (χ3v) is 3.07. The number of benzene rings is 1. The molecule has 2 rings (SSSR count). The first-order valence-corrected chi connectivity index (χ1v) is 5.44. The van der Waals surface area contributed by atoms with Crippen LogP contribution >= 0.6 is 0 Å². The predicted octanol–water partition coefficient (Wildman–Crippen LogP) is 1.62. The van der Waals surface area contributed by atoms with Gasteiger partial charge in [-0.3, -0.25) is 4.79 Å². The van der Waals surface area contributed by atoms with Crippen molar-refractivity contribution in [3.05, 3.63) is 30.1 Å². The second-order valence-electron chi connectivity index (χ2n) is 4.18. The molecule has 1 aromatic rings. The van der Waals surface area contributed by atoms with E-state index in [1.54, 1.807) is 18.2 Å². The van der Waals surface area contributed by atoms with E-state index in [0.717, 1.165) is 13.1 Å². The first kappa shape index (κ1) is 11.1. The Balaban J connectivity index is 1.99. The molecule has 0 spiro atoms. The van der Waals surface area contributed by atoms with Crippen LogP contribution in [-0.4, -0.2) is 19.0 Å². The van der Waals surface area contributed by atoms with Crippen LogP contribution in [-0.2, 0) is 4.79 Å². The number of hydrogen-bond donors (Lipinski definition) is 2. The minimum atomic E-state index is -0.394. The summed E-state index contributed by atoms with van der Waals surface area (Å²) in [5.41, 5.74) is 0.256. The van der Waals surface area contributed by atoms with E-state index in [9.17, 15) is 9.18 Å². The number of anilines is 1. The Bertz CT molecular complexity index is 390. The lowest BCUT2D eigenvalue weighted by molar-refractivity contribution is -0.121. The number of halogens is 1. The molecule has 1 fully saturated rings. The predicted molar refractivity (Wildman–Crippen MR) is 60.6 cm³/mol. The van der Waals surface area contributed by atoms with Crippen molar-refractivity contribution < 1.29 is 9.18 Å². The lowest BCUT2D eigenvalue weighted by atomic mass is 9.88. The van der Waals surface area contributed by atoms with Crippen LogP contribution in [0.15, 0.2) is 24.3 Å². The van der Waals surface area contributed by atoms with Crippen molar-refractivity contribution in [3.63, 3.8) is 0 Å². The number of amides is 1. The van der Waals surface area contributed by atoms with Crippen molar-refractivity contribution >= 4 is 11.6 Å². The van der Waals surface area contributed by atoms with Gasteiger partial charge in [0.25, 0.3) is 0 Å². The monoisotopic (exact) mass is 222 g/mol. The first-order valence-electron chi connectivity index (χ1n) is 5.44. The van der Waals surface area contributed by atoms with Gasteiger partial charge in [0.05, 0.1) is 5.69 Å². The van der Waals surface area contributed by atoms with Gasteiger partial charge in [0, 0.05) is 5.92 Å². The fraction of sp³-hybridized carbons (Fsp3) is 0.417. The molecule has 0 aliphatic carbocycles. The fourth-order valence-electron chi connectivity index (χ4n) is 1.69. The molecule has 0 radical (unpaired) electrons. The van der Waals surface area contributed by atoms with Gasteiger partial charge in [-0.15, -0.1) is 0 Å². The van der Waals surface area contributed by atoms with E-state index in [0.29, 0.717) is 5.92 Å². The number of carbonyl (C=O) groups excluding carboxylic acids is 1. The molecule has 1 aliphatic heterocycles. The molecule has 1 aliphatic rings. The average Bonchev–Trinajstić information content (AvgIpc) is 2.18. The Morgan fingerprint density at radius 2 is 2.19 bits per heavy atom. The molecule has 0 saturated carbocycles. The largest absolute Gasteiger partial charge is 0.323 e. The van der Waals surface area contributed by atoms with Gasteiger partial charge in [0.15, 0.2) is 0 Å². The number of rotatable bonds is 3. The van der Waals surface area contributed by atoms with Crippen LogP contribution in [0.4, 0.5) is 10.1 Å².